The van der Waals surface area contributed by atoms with E-state index in [1.807, 2.05) is 0 Å². The van der Waals surface area contributed by atoms with Gasteiger partial charge < -0.3 is 0 Å². The largest absolute Gasteiger partial charge is 0.332 e. The number of hydrogen-bond donors (Lipinski definition) is 0. The van der Waals surface area contributed by atoms with Crippen LogP contribution in [0.2, 0.25) is 5.02 Å². The van der Waals surface area contributed by atoms with Gasteiger partial charge in [0.25, 0.3) is 0 Å². The first-order chi connectivity index (χ1) is 8.91. The van der Waals surface area contributed by atoms with Crippen LogP contribution in [0.3, 0.4) is 0 Å². The molecular weight excluding hydrogens is 268 g/mol. The summed E-state index contributed by atoms with van der Waals surface area (Å²) in [6.07, 6.45) is 0.261. The van der Waals surface area contributed by atoms with Crippen molar-refractivity contribution in [2.24, 2.45) is 5.92 Å². The summed E-state index contributed by atoms with van der Waals surface area (Å²) in [5, 5.41) is 0.592. The van der Waals surface area contributed by atoms with Gasteiger partial charge in [0.05, 0.1) is 0 Å². The topological polar surface area (TPSA) is 57.7 Å². The van der Waals surface area contributed by atoms with Gasteiger partial charge in [-0.2, -0.15) is 0 Å². The van der Waals surface area contributed by atoms with Crippen LogP contribution in [0.25, 0.3) is 0 Å². The molecule has 2 rings (SSSR count). The van der Waals surface area contributed by atoms with Crippen molar-refractivity contribution < 1.29 is 14.4 Å². The number of imide groups is 2. The lowest BCUT2D eigenvalue weighted by molar-refractivity contribution is -0.147. The lowest BCUT2D eigenvalue weighted by Gasteiger charge is -2.32. The Labute approximate surface area is 115 Å². The van der Waals surface area contributed by atoms with Gasteiger partial charge >= 0.3 is 6.03 Å². The summed E-state index contributed by atoms with van der Waals surface area (Å²) in [6.45, 7) is 0. The summed E-state index contributed by atoms with van der Waals surface area (Å²) >= 11 is 5.78. The quantitative estimate of drug-likeness (QED) is 0.772. The molecule has 1 aliphatic rings. The van der Waals surface area contributed by atoms with Crippen molar-refractivity contribution >= 4 is 29.4 Å². The molecule has 0 bridgehead atoms. The van der Waals surface area contributed by atoms with Crippen molar-refractivity contribution in [1.82, 2.24) is 9.80 Å². The first-order valence-corrected chi connectivity index (χ1v) is 6.13. The van der Waals surface area contributed by atoms with Gasteiger partial charge in [-0.25, -0.2) is 4.79 Å². The second-order valence-electron chi connectivity index (χ2n) is 4.46. The normalized spacial score (nSPS) is 17.3. The lowest BCUT2D eigenvalue weighted by Crippen LogP contribution is -2.57. The molecular formula is C13H13ClN2O3. The molecule has 0 atom stereocenters. The molecule has 5 nitrogen and oxygen atoms in total. The van der Waals surface area contributed by atoms with Gasteiger partial charge in [0.1, 0.15) is 5.92 Å². The zero-order chi connectivity index (χ0) is 14.2. The molecule has 1 aromatic rings. The highest BCUT2D eigenvalue weighted by atomic mass is 35.5. The van der Waals surface area contributed by atoms with Gasteiger partial charge in [0.15, 0.2) is 0 Å². The average molecular weight is 281 g/mol. The highest BCUT2D eigenvalue weighted by Gasteiger charge is 2.42. The van der Waals surface area contributed by atoms with Crippen LogP contribution in [0.5, 0.6) is 0 Å². The van der Waals surface area contributed by atoms with E-state index in [4.69, 9.17) is 11.6 Å². The molecule has 0 N–H and O–H groups in total. The second kappa shape index (κ2) is 5.01. The van der Waals surface area contributed by atoms with Gasteiger partial charge in [-0.05, 0) is 24.1 Å². The van der Waals surface area contributed by atoms with Gasteiger partial charge in [-0.15, -0.1) is 0 Å². The van der Waals surface area contributed by atoms with Crippen molar-refractivity contribution in [3.05, 3.63) is 34.9 Å². The van der Waals surface area contributed by atoms with Crippen molar-refractivity contribution in [2.75, 3.05) is 14.1 Å². The van der Waals surface area contributed by atoms with E-state index < -0.39 is 23.8 Å². The minimum atomic E-state index is -0.853. The first-order valence-electron chi connectivity index (χ1n) is 5.75. The number of nitrogens with zero attached hydrogens (tertiary/aromatic N) is 2. The summed E-state index contributed by atoms with van der Waals surface area (Å²) < 4.78 is 0. The van der Waals surface area contributed by atoms with E-state index in [-0.39, 0.29) is 6.42 Å². The molecule has 0 saturated carbocycles. The third-order valence-corrected chi connectivity index (χ3v) is 3.44. The molecule has 19 heavy (non-hydrogen) atoms. The van der Waals surface area contributed by atoms with Gasteiger partial charge in [-0.3, -0.25) is 19.4 Å². The van der Waals surface area contributed by atoms with Crippen molar-refractivity contribution in [3.63, 3.8) is 0 Å². The predicted octanol–water partition coefficient (Wildman–Crippen LogP) is 1.55. The summed E-state index contributed by atoms with van der Waals surface area (Å²) in [4.78, 5) is 37.5. The maximum atomic E-state index is 12.0. The fraction of sp³-hybridized carbons (Fsp3) is 0.308. The Morgan fingerprint density at radius 3 is 1.95 bits per heavy atom. The fourth-order valence-corrected chi connectivity index (χ4v) is 2.14. The molecule has 0 radical (unpaired) electrons. The third kappa shape index (κ3) is 2.46. The number of benzene rings is 1. The van der Waals surface area contributed by atoms with E-state index in [1.165, 1.54) is 14.1 Å². The highest BCUT2D eigenvalue weighted by Crippen LogP contribution is 2.20. The van der Waals surface area contributed by atoms with Crippen molar-refractivity contribution in [2.45, 2.75) is 6.42 Å². The zero-order valence-electron chi connectivity index (χ0n) is 10.6. The zero-order valence-corrected chi connectivity index (χ0v) is 11.3. The summed E-state index contributed by atoms with van der Waals surface area (Å²) in [5.74, 6) is -1.79. The monoisotopic (exact) mass is 280 g/mol. The molecule has 1 aliphatic heterocycles. The van der Waals surface area contributed by atoms with E-state index in [0.717, 1.165) is 15.4 Å². The molecule has 100 valence electrons. The standard InChI is InChI=1S/C13H13ClN2O3/c1-15-11(17)10(12(18)16(2)13(15)19)7-8-3-5-9(14)6-4-8/h3-6,10H,7H2,1-2H3. The molecule has 0 aliphatic carbocycles. The number of halogens is 1. The smallest absolute Gasteiger partial charge is 0.273 e. The van der Waals surface area contributed by atoms with Gasteiger partial charge in [-0.1, -0.05) is 23.7 Å². The number of carbonyl (C=O) groups is 3. The Kier molecular flexibility index (Phi) is 3.57. The molecule has 0 aromatic heterocycles. The Balaban J connectivity index is 2.23. The van der Waals surface area contributed by atoms with E-state index in [1.54, 1.807) is 24.3 Å². The molecule has 0 spiro atoms. The molecule has 1 heterocycles. The van der Waals surface area contributed by atoms with Crippen LogP contribution in [-0.4, -0.2) is 41.7 Å². The SMILES string of the molecule is CN1C(=O)C(Cc2ccc(Cl)cc2)C(=O)N(C)C1=O. The maximum absolute atomic E-state index is 12.0. The Bertz CT molecular complexity index is 517. The van der Waals surface area contributed by atoms with Crippen LogP contribution in [0.4, 0.5) is 4.79 Å². The molecule has 1 aromatic carbocycles. The van der Waals surface area contributed by atoms with Crippen LogP contribution >= 0.6 is 11.6 Å². The maximum Gasteiger partial charge on any atom is 0.332 e. The lowest BCUT2D eigenvalue weighted by atomic mass is 9.95. The summed E-state index contributed by atoms with van der Waals surface area (Å²) in [5.41, 5.74) is 0.826. The highest BCUT2D eigenvalue weighted by molar-refractivity contribution is 6.30. The molecule has 1 saturated heterocycles. The van der Waals surface area contributed by atoms with Crippen LogP contribution in [0, 0.1) is 5.92 Å². The number of carbonyl (C=O) groups excluding carboxylic acids is 3. The predicted molar refractivity (Wildman–Crippen MR) is 69.6 cm³/mol. The number of barbiturate groups is 1. The number of hydrogen-bond acceptors (Lipinski definition) is 3. The molecule has 4 amide bonds. The second-order valence-corrected chi connectivity index (χ2v) is 4.90. The number of amides is 4. The molecule has 6 heteroatoms. The average Bonchev–Trinajstić information content (AvgIpc) is 2.41. The first kappa shape index (κ1) is 13.5. The van der Waals surface area contributed by atoms with E-state index >= 15 is 0 Å². The van der Waals surface area contributed by atoms with E-state index in [2.05, 4.69) is 0 Å². The summed E-state index contributed by atoms with van der Waals surface area (Å²) in [7, 11) is 2.75. The molecule has 1 fully saturated rings. The fourth-order valence-electron chi connectivity index (χ4n) is 2.02. The minimum Gasteiger partial charge on any atom is -0.273 e. The van der Waals surface area contributed by atoms with Crippen LogP contribution in [0.1, 0.15) is 5.56 Å². The third-order valence-electron chi connectivity index (χ3n) is 3.18. The Hall–Kier alpha value is -1.88. The molecule has 0 unspecified atom stereocenters. The number of urea groups is 1. The number of rotatable bonds is 2. The van der Waals surface area contributed by atoms with E-state index in [0.29, 0.717) is 5.02 Å². The van der Waals surface area contributed by atoms with Crippen LogP contribution in [0.15, 0.2) is 24.3 Å². The minimum absolute atomic E-state index is 0.261. The summed E-state index contributed by atoms with van der Waals surface area (Å²) in [6, 6.07) is 6.33. The van der Waals surface area contributed by atoms with Crippen molar-refractivity contribution in [3.8, 4) is 0 Å². The van der Waals surface area contributed by atoms with Crippen LogP contribution in [-0.2, 0) is 16.0 Å². The van der Waals surface area contributed by atoms with Crippen molar-refractivity contribution in [1.29, 1.82) is 0 Å². The Morgan fingerprint density at radius 2 is 1.47 bits per heavy atom. The van der Waals surface area contributed by atoms with Gasteiger partial charge in [0.2, 0.25) is 11.8 Å². The Morgan fingerprint density at radius 1 is 1.00 bits per heavy atom. The van der Waals surface area contributed by atoms with E-state index in [9.17, 15) is 14.4 Å². The van der Waals surface area contributed by atoms with Gasteiger partial charge in [0, 0.05) is 19.1 Å². The van der Waals surface area contributed by atoms with Crippen LogP contribution < -0.4 is 0 Å².